The maximum absolute atomic E-state index is 13.7. The number of hydrogen-bond donors (Lipinski definition) is 1. The molecule has 4 nitrogen and oxygen atoms in total. The maximum Gasteiger partial charge on any atom is 0.265 e. The Kier molecular flexibility index (Phi) is 4.90. The summed E-state index contributed by atoms with van der Waals surface area (Å²) in [6.45, 7) is 0. The molecule has 0 fully saturated rings. The van der Waals surface area contributed by atoms with Gasteiger partial charge in [0.15, 0.2) is 0 Å². The maximum atomic E-state index is 13.7. The van der Waals surface area contributed by atoms with Gasteiger partial charge in [0.05, 0.1) is 11.3 Å². The van der Waals surface area contributed by atoms with Crippen molar-refractivity contribution in [1.82, 2.24) is 4.57 Å². The van der Waals surface area contributed by atoms with E-state index in [4.69, 9.17) is 17.3 Å². The molecule has 2 N–H and O–H groups in total. The zero-order valence-corrected chi connectivity index (χ0v) is 16.1. The van der Waals surface area contributed by atoms with Gasteiger partial charge in [0.1, 0.15) is 17.5 Å². The molecule has 4 rings (SSSR count). The molecule has 0 bridgehead atoms. The molecule has 0 aliphatic rings. The molecule has 0 amide bonds. The summed E-state index contributed by atoms with van der Waals surface area (Å²) in [5.74, 6) is 0.105. The van der Waals surface area contributed by atoms with Crippen LogP contribution in [0.15, 0.2) is 89.7 Å². The third-order valence-electron chi connectivity index (χ3n) is 4.74. The number of hydrogen-bond acceptors (Lipinski definition) is 3. The summed E-state index contributed by atoms with van der Waals surface area (Å²) >= 11 is 6.04. The van der Waals surface area contributed by atoms with Crippen molar-refractivity contribution in [2.24, 2.45) is 0 Å². The predicted molar refractivity (Wildman–Crippen MR) is 117 cm³/mol. The number of para-hydroxylation sites is 1. The monoisotopic (exact) mass is 397 g/mol. The summed E-state index contributed by atoms with van der Waals surface area (Å²) in [6, 6.07) is 27.6. The molecular formula is C24H16ClN3O. The van der Waals surface area contributed by atoms with E-state index in [1.54, 1.807) is 36.4 Å². The fourth-order valence-electron chi connectivity index (χ4n) is 3.42. The Labute approximate surface area is 173 Å². The highest BCUT2D eigenvalue weighted by atomic mass is 35.5. The van der Waals surface area contributed by atoms with Gasteiger partial charge in [0, 0.05) is 10.6 Å². The van der Waals surface area contributed by atoms with Gasteiger partial charge in [-0.2, -0.15) is 5.26 Å². The molecular weight excluding hydrogens is 382 g/mol. The highest BCUT2D eigenvalue weighted by Gasteiger charge is 2.23. The number of nitriles is 1. The van der Waals surface area contributed by atoms with Crippen LogP contribution in [0.3, 0.4) is 0 Å². The molecule has 3 aromatic carbocycles. The van der Waals surface area contributed by atoms with Crippen LogP contribution in [-0.4, -0.2) is 4.57 Å². The van der Waals surface area contributed by atoms with Gasteiger partial charge in [0.2, 0.25) is 0 Å². The zero-order valence-electron chi connectivity index (χ0n) is 15.3. The summed E-state index contributed by atoms with van der Waals surface area (Å²) in [5.41, 5.74) is 9.25. The van der Waals surface area contributed by atoms with Crippen LogP contribution in [0.1, 0.15) is 5.56 Å². The lowest BCUT2D eigenvalue weighted by atomic mass is 9.91. The van der Waals surface area contributed by atoms with Crippen molar-refractivity contribution in [3.8, 4) is 34.0 Å². The van der Waals surface area contributed by atoms with Crippen molar-refractivity contribution in [2.45, 2.75) is 0 Å². The average Bonchev–Trinajstić information content (AvgIpc) is 2.75. The Hall–Kier alpha value is -3.81. The fourth-order valence-corrected chi connectivity index (χ4v) is 3.54. The van der Waals surface area contributed by atoms with Crippen LogP contribution in [-0.2, 0) is 0 Å². The fraction of sp³-hybridized carbons (Fsp3) is 0. The second-order valence-electron chi connectivity index (χ2n) is 6.47. The quantitative estimate of drug-likeness (QED) is 0.511. The number of pyridine rings is 1. The molecule has 0 saturated heterocycles. The Morgan fingerprint density at radius 1 is 0.793 bits per heavy atom. The van der Waals surface area contributed by atoms with Gasteiger partial charge >= 0.3 is 0 Å². The second kappa shape index (κ2) is 7.67. The number of nitrogen functional groups attached to an aromatic ring is 1. The molecule has 0 atom stereocenters. The first-order valence-corrected chi connectivity index (χ1v) is 9.35. The first-order chi connectivity index (χ1) is 14.1. The van der Waals surface area contributed by atoms with Crippen molar-refractivity contribution in [3.05, 3.63) is 106 Å². The smallest absolute Gasteiger partial charge is 0.265 e. The minimum absolute atomic E-state index is 0.105. The van der Waals surface area contributed by atoms with E-state index in [9.17, 15) is 10.1 Å². The molecule has 29 heavy (non-hydrogen) atoms. The number of aromatic nitrogens is 1. The molecule has 140 valence electrons. The summed E-state index contributed by atoms with van der Waals surface area (Å²) in [4.78, 5) is 13.7. The first kappa shape index (κ1) is 18.5. The van der Waals surface area contributed by atoms with Gasteiger partial charge in [-0.1, -0.05) is 72.3 Å². The second-order valence-corrected chi connectivity index (χ2v) is 6.91. The number of nitrogens with zero attached hydrogens (tertiary/aromatic N) is 2. The third-order valence-corrected chi connectivity index (χ3v) is 4.99. The van der Waals surface area contributed by atoms with Crippen LogP contribution in [0.25, 0.3) is 27.9 Å². The zero-order chi connectivity index (χ0) is 20.4. The summed E-state index contributed by atoms with van der Waals surface area (Å²) < 4.78 is 1.39. The van der Waals surface area contributed by atoms with E-state index >= 15 is 0 Å². The predicted octanol–water partition coefficient (Wildman–Crippen LogP) is 5.28. The third kappa shape index (κ3) is 3.29. The largest absolute Gasteiger partial charge is 0.384 e. The van der Waals surface area contributed by atoms with Crippen molar-refractivity contribution < 1.29 is 0 Å². The van der Waals surface area contributed by atoms with E-state index in [1.807, 2.05) is 48.5 Å². The van der Waals surface area contributed by atoms with E-state index in [-0.39, 0.29) is 16.9 Å². The number of anilines is 1. The Balaban J connectivity index is 2.17. The lowest BCUT2D eigenvalue weighted by Crippen LogP contribution is -2.25. The molecule has 1 aromatic heterocycles. The minimum atomic E-state index is -0.288. The molecule has 0 saturated carbocycles. The van der Waals surface area contributed by atoms with Crippen LogP contribution >= 0.6 is 11.6 Å². The Morgan fingerprint density at radius 2 is 1.34 bits per heavy atom. The number of benzene rings is 3. The van der Waals surface area contributed by atoms with Gasteiger partial charge < -0.3 is 5.73 Å². The lowest BCUT2D eigenvalue weighted by Gasteiger charge is -2.19. The summed E-state index contributed by atoms with van der Waals surface area (Å²) in [7, 11) is 0. The number of halogens is 1. The van der Waals surface area contributed by atoms with E-state index in [1.165, 1.54) is 4.57 Å². The van der Waals surface area contributed by atoms with E-state index in [0.717, 1.165) is 0 Å². The number of rotatable bonds is 3. The highest BCUT2D eigenvalue weighted by Crippen LogP contribution is 2.36. The van der Waals surface area contributed by atoms with Crippen LogP contribution in [0, 0.1) is 11.3 Å². The van der Waals surface area contributed by atoms with Gasteiger partial charge in [-0.15, -0.1) is 0 Å². The van der Waals surface area contributed by atoms with Crippen molar-refractivity contribution in [2.75, 3.05) is 5.73 Å². The summed E-state index contributed by atoms with van der Waals surface area (Å²) in [5, 5.41) is 10.5. The van der Waals surface area contributed by atoms with Gasteiger partial charge in [-0.25, -0.2) is 0 Å². The lowest BCUT2D eigenvalue weighted by molar-refractivity contribution is 1.00. The molecule has 1 heterocycles. The van der Waals surface area contributed by atoms with E-state index < -0.39 is 0 Å². The van der Waals surface area contributed by atoms with Crippen molar-refractivity contribution >= 4 is 17.4 Å². The first-order valence-electron chi connectivity index (χ1n) is 8.97. The molecule has 0 unspecified atom stereocenters. The average molecular weight is 398 g/mol. The van der Waals surface area contributed by atoms with Gasteiger partial charge in [-0.3, -0.25) is 9.36 Å². The SMILES string of the molecule is N#Cc1c(-c2ccc(Cl)cc2)c(-c2ccccc2)c(=O)n(-c2ccccc2)c1N. The molecule has 5 heteroatoms. The molecule has 0 radical (unpaired) electrons. The van der Waals surface area contributed by atoms with Gasteiger partial charge in [-0.05, 0) is 35.4 Å². The van der Waals surface area contributed by atoms with Gasteiger partial charge in [0.25, 0.3) is 5.56 Å². The van der Waals surface area contributed by atoms with Crippen LogP contribution in [0.5, 0.6) is 0 Å². The number of nitrogens with two attached hydrogens (primary N) is 1. The summed E-state index contributed by atoms with van der Waals surface area (Å²) in [6.07, 6.45) is 0. The Bertz CT molecular complexity index is 1270. The Morgan fingerprint density at radius 3 is 1.93 bits per heavy atom. The molecule has 0 aliphatic carbocycles. The highest BCUT2D eigenvalue weighted by molar-refractivity contribution is 6.30. The van der Waals surface area contributed by atoms with Crippen molar-refractivity contribution in [1.29, 1.82) is 5.26 Å². The van der Waals surface area contributed by atoms with E-state index in [0.29, 0.717) is 33.0 Å². The van der Waals surface area contributed by atoms with E-state index in [2.05, 4.69) is 6.07 Å². The minimum Gasteiger partial charge on any atom is -0.384 e. The topological polar surface area (TPSA) is 71.8 Å². The van der Waals surface area contributed by atoms with Crippen molar-refractivity contribution in [3.63, 3.8) is 0 Å². The molecule has 0 spiro atoms. The van der Waals surface area contributed by atoms with Crippen LogP contribution < -0.4 is 11.3 Å². The normalized spacial score (nSPS) is 10.5. The molecule has 0 aliphatic heterocycles. The van der Waals surface area contributed by atoms with Crippen LogP contribution in [0.2, 0.25) is 5.02 Å². The standard InChI is InChI=1S/C24H16ClN3O/c25-18-13-11-17(12-14-18)21-20(15-26)23(27)28(19-9-5-2-6-10-19)24(29)22(21)16-7-3-1-4-8-16/h1-14H,27H2. The van der Waals surface area contributed by atoms with Crippen LogP contribution in [0.4, 0.5) is 5.82 Å². The molecule has 4 aromatic rings.